The summed E-state index contributed by atoms with van der Waals surface area (Å²) < 4.78 is 6.92. The van der Waals surface area contributed by atoms with Gasteiger partial charge in [-0.25, -0.2) is 4.98 Å². The molecule has 3 N–H and O–H groups in total. The van der Waals surface area contributed by atoms with Gasteiger partial charge in [0, 0.05) is 17.8 Å². The second-order valence-electron chi connectivity index (χ2n) is 7.25. The summed E-state index contributed by atoms with van der Waals surface area (Å²) in [6.07, 6.45) is 0. The maximum Gasteiger partial charge on any atom is 0.262 e. The van der Waals surface area contributed by atoms with Crippen LogP contribution in [0.15, 0.2) is 58.5 Å². The lowest BCUT2D eigenvalue weighted by Crippen LogP contribution is -2.28. The Kier molecular flexibility index (Phi) is 7.07. The van der Waals surface area contributed by atoms with Crippen molar-refractivity contribution in [2.45, 2.75) is 23.9 Å². The predicted octanol–water partition coefficient (Wildman–Crippen LogP) is 4.06. The molecule has 0 bridgehead atoms. The number of hydrogen-bond acceptors (Lipinski definition) is 9. The van der Waals surface area contributed by atoms with Gasteiger partial charge in [0.25, 0.3) is 5.56 Å². The molecule has 0 aliphatic carbocycles. The number of rotatable bonds is 8. The minimum atomic E-state index is -0.201. The zero-order valence-corrected chi connectivity index (χ0v) is 19.6. The molecular formula is C22H22ClN7O2S. The predicted molar refractivity (Wildman–Crippen MR) is 131 cm³/mol. The van der Waals surface area contributed by atoms with Crippen LogP contribution < -0.4 is 16.6 Å². The highest BCUT2D eigenvalue weighted by Crippen LogP contribution is 2.24. The molecule has 2 aromatic carbocycles. The molecule has 4 aromatic rings. The number of fused-ring (bicyclic) bond motifs is 1. The second kappa shape index (κ2) is 10.2. The van der Waals surface area contributed by atoms with Crippen LogP contribution in [0.4, 0.5) is 17.6 Å². The molecular weight excluding hydrogens is 462 g/mol. The van der Waals surface area contributed by atoms with Crippen molar-refractivity contribution in [2.24, 2.45) is 0 Å². The molecule has 0 radical (unpaired) electrons. The summed E-state index contributed by atoms with van der Waals surface area (Å²) in [7, 11) is 1.60. The minimum absolute atomic E-state index is 0.0914. The molecule has 0 spiro atoms. The molecule has 0 fully saturated rings. The van der Waals surface area contributed by atoms with Gasteiger partial charge in [-0.3, -0.25) is 9.36 Å². The minimum Gasteiger partial charge on any atom is -0.383 e. The van der Waals surface area contributed by atoms with E-state index in [0.717, 1.165) is 5.69 Å². The van der Waals surface area contributed by atoms with Crippen molar-refractivity contribution in [2.75, 3.05) is 24.8 Å². The van der Waals surface area contributed by atoms with Gasteiger partial charge in [-0.15, -0.1) is 0 Å². The Morgan fingerprint density at radius 2 is 1.88 bits per heavy atom. The zero-order chi connectivity index (χ0) is 23.4. The number of nitrogen functional groups attached to an aromatic ring is 1. The van der Waals surface area contributed by atoms with Gasteiger partial charge in [0.2, 0.25) is 11.9 Å². The second-order valence-corrected chi connectivity index (χ2v) is 8.62. The van der Waals surface area contributed by atoms with Crippen LogP contribution in [0.1, 0.15) is 18.8 Å². The first-order valence-corrected chi connectivity index (χ1v) is 11.5. The number of halogens is 1. The van der Waals surface area contributed by atoms with Crippen LogP contribution in [-0.4, -0.2) is 38.2 Å². The van der Waals surface area contributed by atoms with Crippen molar-refractivity contribution in [3.8, 4) is 0 Å². The van der Waals surface area contributed by atoms with Crippen molar-refractivity contribution >= 4 is 51.8 Å². The number of nitrogens with one attached hydrogen (secondary N) is 1. The number of benzene rings is 2. The topological polar surface area (TPSA) is 121 Å². The molecule has 0 aliphatic heterocycles. The third kappa shape index (κ3) is 5.41. The van der Waals surface area contributed by atoms with Gasteiger partial charge >= 0.3 is 0 Å². The maximum atomic E-state index is 13.2. The van der Waals surface area contributed by atoms with Crippen molar-refractivity contribution in [1.82, 2.24) is 24.5 Å². The highest BCUT2D eigenvalue weighted by molar-refractivity contribution is 7.98. The average molecular weight is 484 g/mol. The molecule has 170 valence electrons. The average Bonchev–Trinajstić information content (AvgIpc) is 2.79. The number of hydrogen-bond donors (Lipinski definition) is 2. The monoisotopic (exact) mass is 483 g/mol. The Bertz CT molecular complexity index is 1330. The summed E-state index contributed by atoms with van der Waals surface area (Å²) in [6, 6.07) is 14.2. The first-order valence-electron chi connectivity index (χ1n) is 10.1. The number of thioether (sulfide) groups is 1. The van der Waals surface area contributed by atoms with E-state index in [0.29, 0.717) is 45.2 Å². The molecule has 9 nitrogen and oxygen atoms in total. The van der Waals surface area contributed by atoms with E-state index < -0.39 is 0 Å². The summed E-state index contributed by atoms with van der Waals surface area (Å²) in [5.74, 6) is 1.20. The Morgan fingerprint density at radius 1 is 1.12 bits per heavy atom. The smallest absolute Gasteiger partial charge is 0.262 e. The summed E-state index contributed by atoms with van der Waals surface area (Å²) in [4.78, 5) is 30.7. The van der Waals surface area contributed by atoms with Gasteiger partial charge in [0.15, 0.2) is 5.16 Å². The molecule has 0 unspecified atom stereocenters. The van der Waals surface area contributed by atoms with E-state index in [2.05, 4.69) is 20.3 Å². The lowest BCUT2D eigenvalue weighted by Gasteiger charge is -2.18. The van der Waals surface area contributed by atoms with Gasteiger partial charge in [-0.2, -0.15) is 15.0 Å². The lowest BCUT2D eigenvalue weighted by molar-refractivity contribution is 0.156. The van der Waals surface area contributed by atoms with Crippen molar-refractivity contribution in [1.29, 1.82) is 0 Å². The van der Waals surface area contributed by atoms with Crippen molar-refractivity contribution in [3.63, 3.8) is 0 Å². The molecule has 0 saturated heterocycles. The van der Waals surface area contributed by atoms with E-state index in [1.165, 1.54) is 11.8 Å². The van der Waals surface area contributed by atoms with Gasteiger partial charge in [0.05, 0.1) is 29.3 Å². The molecule has 33 heavy (non-hydrogen) atoms. The van der Waals surface area contributed by atoms with Crippen LogP contribution in [0.3, 0.4) is 0 Å². The Morgan fingerprint density at radius 3 is 2.64 bits per heavy atom. The van der Waals surface area contributed by atoms with Gasteiger partial charge < -0.3 is 15.8 Å². The van der Waals surface area contributed by atoms with Gasteiger partial charge in [0.1, 0.15) is 5.82 Å². The van der Waals surface area contributed by atoms with E-state index in [9.17, 15) is 4.79 Å². The van der Waals surface area contributed by atoms with Gasteiger partial charge in [-0.05, 0) is 43.3 Å². The van der Waals surface area contributed by atoms with E-state index in [1.54, 1.807) is 29.9 Å². The number of aromatic nitrogens is 5. The normalized spacial score (nSPS) is 12.1. The summed E-state index contributed by atoms with van der Waals surface area (Å²) in [5.41, 5.74) is 7.18. The number of ether oxygens (including phenoxy) is 1. The zero-order valence-electron chi connectivity index (χ0n) is 18.0. The Hall–Kier alpha value is -3.21. The lowest BCUT2D eigenvalue weighted by atomic mass is 10.2. The summed E-state index contributed by atoms with van der Waals surface area (Å²) in [5, 5.41) is 4.83. The van der Waals surface area contributed by atoms with Crippen LogP contribution in [0.25, 0.3) is 10.9 Å². The van der Waals surface area contributed by atoms with Crippen LogP contribution >= 0.6 is 23.4 Å². The molecule has 2 heterocycles. The molecule has 0 saturated carbocycles. The Balaban J connectivity index is 1.62. The Labute approximate surface area is 199 Å². The molecule has 4 rings (SSSR count). The number of nitrogens with two attached hydrogens (primary N) is 1. The summed E-state index contributed by atoms with van der Waals surface area (Å²) in [6.45, 7) is 2.29. The largest absolute Gasteiger partial charge is 0.383 e. The van der Waals surface area contributed by atoms with Crippen LogP contribution in [0.5, 0.6) is 0 Å². The number of nitrogens with zero attached hydrogens (tertiary/aromatic N) is 5. The van der Waals surface area contributed by atoms with Crippen molar-refractivity contribution in [3.05, 3.63) is 69.7 Å². The summed E-state index contributed by atoms with van der Waals surface area (Å²) >= 11 is 7.29. The standard InChI is InChI=1S/C22H22ClN7O2S/c1-13(11-32-2)30-19(31)16-5-3-4-6-17(16)26-22(30)33-12-18-27-20(24)29-21(28-18)25-15-9-7-14(23)8-10-15/h3-10,13H,11-12H2,1-2H3,(H3,24,25,27,28,29)/t13-/m0/s1. The first-order chi connectivity index (χ1) is 15.9. The molecule has 1 atom stereocenters. The fourth-order valence-electron chi connectivity index (χ4n) is 3.28. The quantitative estimate of drug-likeness (QED) is 0.282. The fraction of sp³-hybridized carbons (Fsp3) is 0.227. The third-order valence-electron chi connectivity index (χ3n) is 4.75. The highest BCUT2D eigenvalue weighted by Gasteiger charge is 2.17. The van der Waals surface area contributed by atoms with Crippen LogP contribution in [0.2, 0.25) is 5.02 Å². The van der Waals surface area contributed by atoms with E-state index >= 15 is 0 Å². The third-order valence-corrected chi connectivity index (χ3v) is 5.95. The molecule has 0 aliphatic rings. The number of methoxy groups -OCH3 is 1. The SMILES string of the molecule is COC[C@H](C)n1c(SCc2nc(N)nc(Nc3ccc(Cl)cc3)n2)nc2ccccc2c1=O. The maximum absolute atomic E-state index is 13.2. The highest BCUT2D eigenvalue weighted by atomic mass is 35.5. The fourth-order valence-corrected chi connectivity index (χ4v) is 4.36. The molecule has 11 heteroatoms. The first kappa shape index (κ1) is 23.0. The molecule has 0 amide bonds. The van der Waals surface area contributed by atoms with E-state index in [1.807, 2.05) is 37.3 Å². The van der Waals surface area contributed by atoms with E-state index in [-0.39, 0.29) is 17.5 Å². The van der Waals surface area contributed by atoms with Gasteiger partial charge in [-0.1, -0.05) is 35.5 Å². The number of para-hydroxylation sites is 1. The van der Waals surface area contributed by atoms with Crippen LogP contribution in [0, 0.1) is 0 Å². The number of anilines is 3. The van der Waals surface area contributed by atoms with Crippen LogP contribution in [-0.2, 0) is 10.5 Å². The van der Waals surface area contributed by atoms with E-state index in [4.69, 9.17) is 27.1 Å². The van der Waals surface area contributed by atoms with Crippen molar-refractivity contribution < 1.29 is 4.74 Å². The molecule has 2 aromatic heterocycles.